The second kappa shape index (κ2) is 10.1. The first-order valence-electron chi connectivity index (χ1n) is 9.65. The molecule has 0 radical (unpaired) electrons. The highest BCUT2D eigenvalue weighted by Gasteiger charge is 2.30. The summed E-state index contributed by atoms with van der Waals surface area (Å²) in [6, 6.07) is 11.5. The topological polar surface area (TPSA) is 122 Å². The summed E-state index contributed by atoms with van der Waals surface area (Å²) in [5.41, 5.74) is 12.1. The van der Waals surface area contributed by atoms with Gasteiger partial charge in [0.15, 0.2) is 0 Å². The van der Waals surface area contributed by atoms with E-state index in [-0.39, 0.29) is 24.7 Å². The molecule has 2 rings (SSSR count). The predicted molar refractivity (Wildman–Crippen MR) is 111 cm³/mol. The molecule has 0 saturated heterocycles. The number of nitrogens with one attached hydrogen (secondary N) is 2. The molecule has 2 aromatic carbocycles. The fourth-order valence-corrected chi connectivity index (χ4v) is 3.16. The van der Waals surface area contributed by atoms with E-state index in [9.17, 15) is 22.8 Å². The highest BCUT2D eigenvalue weighted by molar-refractivity contribution is 5.94. The SMILES string of the molecule is C[C@H](C(=O)NCc1ccc(C(=N)N)cc1)C(CCc1ccc(C(F)(F)F)cc1)C(N)=O. The number of halogens is 3. The molecule has 2 aromatic rings. The van der Waals surface area contributed by atoms with Crippen molar-refractivity contribution in [3.05, 3.63) is 70.8 Å². The number of amidine groups is 1. The Morgan fingerprint density at radius 3 is 2.03 bits per heavy atom. The van der Waals surface area contributed by atoms with Gasteiger partial charge in [0.25, 0.3) is 0 Å². The van der Waals surface area contributed by atoms with Gasteiger partial charge < -0.3 is 16.8 Å². The molecule has 2 amide bonds. The molecule has 0 spiro atoms. The zero-order valence-electron chi connectivity index (χ0n) is 17.0. The number of nitrogens with two attached hydrogens (primary N) is 2. The van der Waals surface area contributed by atoms with Crippen molar-refractivity contribution in [2.45, 2.75) is 32.5 Å². The van der Waals surface area contributed by atoms with Gasteiger partial charge in [-0.05, 0) is 36.1 Å². The lowest BCUT2D eigenvalue weighted by molar-refractivity contribution is -0.137. The van der Waals surface area contributed by atoms with Crippen molar-refractivity contribution < 1.29 is 22.8 Å². The van der Waals surface area contributed by atoms with Gasteiger partial charge in [0, 0.05) is 23.9 Å². The number of primary amides is 1. The summed E-state index contributed by atoms with van der Waals surface area (Å²) in [6.07, 6.45) is -3.86. The molecular weight excluding hydrogens is 409 g/mol. The summed E-state index contributed by atoms with van der Waals surface area (Å²) in [4.78, 5) is 24.4. The largest absolute Gasteiger partial charge is 0.416 e. The third-order valence-electron chi connectivity index (χ3n) is 5.14. The second-order valence-corrected chi connectivity index (χ2v) is 7.36. The lowest BCUT2D eigenvalue weighted by Gasteiger charge is -2.21. The van der Waals surface area contributed by atoms with Crippen molar-refractivity contribution in [1.29, 1.82) is 5.41 Å². The minimum atomic E-state index is -4.41. The fourth-order valence-electron chi connectivity index (χ4n) is 3.16. The minimum absolute atomic E-state index is 0.0541. The van der Waals surface area contributed by atoms with Gasteiger partial charge in [-0.25, -0.2) is 0 Å². The van der Waals surface area contributed by atoms with Crippen molar-refractivity contribution in [3.63, 3.8) is 0 Å². The van der Waals surface area contributed by atoms with Gasteiger partial charge in [-0.1, -0.05) is 43.3 Å². The Morgan fingerprint density at radius 1 is 1.00 bits per heavy atom. The first kappa shape index (κ1) is 23.9. The van der Waals surface area contributed by atoms with Crippen LogP contribution in [0.3, 0.4) is 0 Å². The van der Waals surface area contributed by atoms with Crippen LogP contribution in [0.25, 0.3) is 0 Å². The van der Waals surface area contributed by atoms with Crippen molar-refractivity contribution >= 4 is 17.6 Å². The van der Waals surface area contributed by atoms with E-state index in [0.717, 1.165) is 17.7 Å². The molecule has 0 aliphatic heterocycles. The van der Waals surface area contributed by atoms with Crippen LogP contribution in [-0.4, -0.2) is 17.6 Å². The van der Waals surface area contributed by atoms with Crippen molar-refractivity contribution in [3.8, 4) is 0 Å². The van der Waals surface area contributed by atoms with Crippen LogP contribution in [0.15, 0.2) is 48.5 Å². The third kappa shape index (κ3) is 6.84. The molecule has 0 heterocycles. The van der Waals surface area contributed by atoms with Gasteiger partial charge in [-0.2, -0.15) is 13.2 Å². The maximum absolute atomic E-state index is 12.7. The molecule has 0 saturated carbocycles. The average Bonchev–Trinajstić information content (AvgIpc) is 2.71. The first-order chi connectivity index (χ1) is 14.5. The summed E-state index contributed by atoms with van der Waals surface area (Å²) in [7, 11) is 0. The van der Waals surface area contributed by atoms with Gasteiger partial charge in [0.05, 0.1) is 5.56 Å². The van der Waals surface area contributed by atoms with E-state index >= 15 is 0 Å². The number of carbonyl (C=O) groups is 2. The Hall–Kier alpha value is -3.36. The van der Waals surface area contributed by atoms with E-state index < -0.39 is 29.5 Å². The molecule has 31 heavy (non-hydrogen) atoms. The Bertz CT molecular complexity index is 925. The molecule has 6 nitrogen and oxygen atoms in total. The van der Waals surface area contributed by atoms with Crippen LogP contribution in [0.4, 0.5) is 13.2 Å². The lowest BCUT2D eigenvalue weighted by Crippen LogP contribution is -2.39. The van der Waals surface area contributed by atoms with Gasteiger partial charge in [0.1, 0.15) is 5.84 Å². The molecule has 0 aliphatic carbocycles. The minimum Gasteiger partial charge on any atom is -0.384 e. The second-order valence-electron chi connectivity index (χ2n) is 7.36. The highest BCUT2D eigenvalue weighted by Crippen LogP contribution is 2.29. The molecular formula is C22H25F3N4O2. The van der Waals surface area contributed by atoms with E-state index in [1.54, 1.807) is 31.2 Å². The molecule has 1 unspecified atom stereocenters. The summed E-state index contributed by atoms with van der Waals surface area (Å²) in [5, 5.41) is 10.1. The molecule has 9 heteroatoms. The molecule has 6 N–H and O–H groups in total. The van der Waals surface area contributed by atoms with Crippen molar-refractivity contribution in [2.75, 3.05) is 0 Å². The first-order valence-corrected chi connectivity index (χ1v) is 9.65. The number of alkyl halides is 3. The highest BCUT2D eigenvalue weighted by atomic mass is 19.4. The van der Waals surface area contributed by atoms with Gasteiger partial charge in [-0.15, -0.1) is 0 Å². The third-order valence-corrected chi connectivity index (χ3v) is 5.14. The maximum atomic E-state index is 12.7. The Morgan fingerprint density at radius 2 is 1.55 bits per heavy atom. The number of nitrogen functional groups attached to an aromatic ring is 1. The van der Waals surface area contributed by atoms with Crippen LogP contribution in [0, 0.1) is 17.2 Å². The van der Waals surface area contributed by atoms with E-state index in [0.29, 0.717) is 17.5 Å². The number of hydrogen-bond donors (Lipinski definition) is 4. The zero-order chi connectivity index (χ0) is 23.2. The Labute approximate surface area is 178 Å². The van der Waals surface area contributed by atoms with E-state index in [1.165, 1.54) is 12.1 Å². The summed E-state index contributed by atoms with van der Waals surface area (Å²) in [5.74, 6) is -2.51. The van der Waals surface area contributed by atoms with Crippen LogP contribution in [0.5, 0.6) is 0 Å². The summed E-state index contributed by atoms with van der Waals surface area (Å²) >= 11 is 0. The molecule has 2 atom stereocenters. The summed E-state index contributed by atoms with van der Waals surface area (Å²) < 4.78 is 38.0. The monoisotopic (exact) mass is 434 g/mol. The Balaban J connectivity index is 1.94. The molecule has 0 fully saturated rings. The van der Waals surface area contributed by atoms with E-state index in [1.807, 2.05) is 0 Å². The fraction of sp³-hybridized carbons (Fsp3) is 0.318. The Kier molecular flexibility index (Phi) is 7.79. The number of benzene rings is 2. The molecule has 0 aromatic heterocycles. The standard InChI is InChI=1S/C22H25F3N4O2/c1-13(21(31)29-12-15-2-7-16(8-3-15)19(26)27)18(20(28)30)11-6-14-4-9-17(10-5-14)22(23,24)25/h2-5,7-10,13,18H,6,11-12H2,1H3,(H3,26,27)(H2,28,30)(H,29,31)/t13-,18?/m0/s1. The quantitative estimate of drug-likeness (QED) is 0.358. The summed E-state index contributed by atoms with van der Waals surface area (Å²) in [6.45, 7) is 1.82. The van der Waals surface area contributed by atoms with Gasteiger partial charge in [-0.3, -0.25) is 15.0 Å². The maximum Gasteiger partial charge on any atom is 0.416 e. The molecule has 166 valence electrons. The number of hydrogen-bond acceptors (Lipinski definition) is 3. The molecule has 0 bridgehead atoms. The predicted octanol–water partition coefficient (Wildman–Crippen LogP) is 2.98. The average molecular weight is 434 g/mol. The van der Waals surface area contributed by atoms with Crippen LogP contribution < -0.4 is 16.8 Å². The van der Waals surface area contributed by atoms with Gasteiger partial charge in [0.2, 0.25) is 11.8 Å². The van der Waals surface area contributed by atoms with Gasteiger partial charge >= 0.3 is 6.18 Å². The van der Waals surface area contributed by atoms with Crippen molar-refractivity contribution in [2.24, 2.45) is 23.3 Å². The lowest BCUT2D eigenvalue weighted by atomic mass is 9.87. The van der Waals surface area contributed by atoms with Crippen molar-refractivity contribution in [1.82, 2.24) is 5.32 Å². The van der Waals surface area contributed by atoms with Crippen LogP contribution in [0.1, 0.15) is 35.6 Å². The van der Waals surface area contributed by atoms with Crippen LogP contribution >= 0.6 is 0 Å². The smallest absolute Gasteiger partial charge is 0.384 e. The van der Waals surface area contributed by atoms with Crippen LogP contribution in [0.2, 0.25) is 0 Å². The van der Waals surface area contributed by atoms with E-state index in [4.69, 9.17) is 16.9 Å². The van der Waals surface area contributed by atoms with Crippen LogP contribution in [-0.2, 0) is 28.7 Å². The number of amides is 2. The van der Waals surface area contributed by atoms with E-state index in [2.05, 4.69) is 5.32 Å². The number of carbonyl (C=O) groups excluding carboxylic acids is 2. The number of aryl methyl sites for hydroxylation is 1. The number of rotatable bonds is 9. The normalized spacial score (nSPS) is 13.3. The molecule has 0 aliphatic rings. The zero-order valence-corrected chi connectivity index (χ0v) is 17.0.